The number of carbonyl (C=O) groups is 2. The van der Waals surface area contributed by atoms with Crippen molar-refractivity contribution in [3.63, 3.8) is 0 Å². The Hall–Kier alpha value is -1.92. The molecule has 1 heterocycles. The fourth-order valence-electron chi connectivity index (χ4n) is 3.50. The van der Waals surface area contributed by atoms with Crippen LogP contribution in [0.15, 0.2) is 30.3 Å². The molecular weight excluding hydrogens is 340 g/mol. The highest BCUT2D eigenvalue weighted by molar-refractivity contribution is 5.82. The van der Waals surface area contributed by atoms with Crippen molar-refractivity contribution in [2.24, 2.45) is 0 Å². The number of amides is 2. The molecule has 1 N–H and O–H groups in total. The largest absolute Gasteiger partial charge is 0.352 e. The smallest absolute Gasteiger partial charge is 0.237 e. The Morgan fingerprint density at radius 2 is 1.74 bits per heavy atom. The molecule has 148 valence electrons. The van der Waals surface area contributed by atoms with E-state index in [1.54, 1.807) is 0 Å². The van der Waals surface area contributed by atoms with Crippen molar-refractivity contribution in [3.8, 4) is 0 Å². The summed E-state index contributed by atoms with van der Waals surface area (Å²) in [5, 5.41) is 3.08. The molecular formula is C21H32N4O2. The van der Waals surface area contributed by atoms with Crippen molar-refractivity contribution in [1.82, 2.24) is 20.0 Å². The molecule has 2 atom stereocenters. The number of rotatable bonds is 7. The minimum atomic E-state index is -0.0933. The van der Waals surface area contributed by atoms with Crippen LogP contribution in [0.3, 0.4) is 0 Å². The fraction of sp³-hybridized carbons (Fsp3) is 0.619. The second-order valence-electron chi connectivity index (χ2n) is 7.86. The van der Waals surface area contributed by atoms with Crippen molar-refractivity contribution in [1.29, 1.82) is 0 Å². The highest BCUT2D eigenvalue weighted by Crippen LogP contribution is 2.20. The molecule has 0 radical (unpaired) electrons. The van der Waals surface area contributed by atoms with E-state index in [2.05, 4.69) is 34.2 Å². The number of likely N-dealkylation sites (N-methyl/N-ethyl adjacent to an activating group) is 1. The molecule has 1 saturated heterocycles. The summed E-state index contributed by atoms with van der Waals surface area (Å²) in [7, 11) is 1.88. The van der Waals surface area contributed by atoms with Gasteiger partial charge in [0.05, 0.1) is 18.6 Å². The van der Waals surface area contributed by atoms with Gasteiger partial charge >= 0.3 is 0 Å². The molecule has 2 amide bonds. The van der Waals surface area contributed by atoms with Gasteiger partial charge in [-0.2, -0.15) is 0 Å². The molecule has 2 unspecified atom stereocenters. The molecule has 27 heavy (non-hydrogen) atoms. The Bertz CT molecular complexity index is 639. The van der Waals surface area contributed by atoms with Crippen LogP contribution in [0.2, 0.25) is 0 Å². The molecule has 0 spiro atoms. The summed E-state index contributed by atoms with van der Waals surface area (Å²) in [6.07, 6.45) is 2.23. The minimum absolute atomic E-state index is 0.0612. The summed E-state index contributed by atoms with van der Waals surface area (Å²) in [6, 6.07) is 10.5. The average Bonchev–Trinajstić information content (AvgIpc) is 3.51. The molecule has 2 aliphatic rings. The van der Waals surface area contributed by atoms with Crippen LogP contribution >= 0.6 is 0 Å². The maximum absolute atomic E-state index is 12.7. The van der Waals surface area contributed by atoms with Gasteiger partial charge in [-0.3, -0.25) is 19.4 Å². The van der Waals surface area contributed by atoms with Gasteiger partial charge in [0.25, 0.3) is 0 Å². The van der Waals surface area contributed by atoms with Crippen molar-refractivity contribution in [2.45, 2.75) is 44.8 Å². The van der Waals surface area contributed by atoms with Gasteiger partial charge in [-0.05, 0) is 32.3 Å². The van der Waals surface area contributed by atoms with Gasteiger partial charge < -0.3 is 10.2 Å². The zero-order valence-electron chi connectivity index (χ0n) is 16.7. The lowest BCUT2D eigenvalue weighted by Crippen LogP contribution is -2.55. The van der Waals surface area contributed by atoms with E-state index in [9.17, 15) is 9.59 Å². The molecule has 6 heteroatoms. The molecule has 3 rings (SSSR count). The Kier molecular flexibility index (Phi) is 6.50. The number of nitrogens with zero attached hydrogens (tertiary/aromatic N) is 3. The Labute approximate surface area is 162 Å². The standard InChI is InChI=1S/C21H32N4O2/c1-16(18-7-5-4-6-8-18)23(3)20(26)15-24-11-13-25(14-12-24)17(2)21(27)22-19-9-10-19/h4-8,16-17,19H,9-15H2,1-3H3,(H,22,27). The maximum Gasteiger partial charge on any atom is 0.237 e. The van der Waals surface area contributed by atoms with Crippen molar-refractivity contribution < 1.29 is 9.59 Å². The summed E-state index contributed by atoms with van der Waals surface area (Å²) in [4.78, 5) is 31.1. The van der Waals surface area contributed by atoms with Crippen molar-refractivity contribution >= 4 is 11.8 Å². The number of hydrogen-bond acceptors (Lipinski definition) is 4. The molecule has 1 aliphatic heterocycles. The average molecular weight is 373 g/mol. The first kappa shape index (κ1) is 19.8. The van der Waals surface area contributed by atoms with Gasteiger partial charge in [-0.1, -0.05) is 30.3 Å². The summed E-state index contributed by atoms with van der Waals surface area (Å²) in [5.74, 6) is 0.276. The number of nitrogens with one attached hydrogen (secondary N) is 1. The first-order valence-corrected chi connectivity index (χ1v) is 10.0. The predicted molar refractivity (Wildman–Crippen MR) is 106 cm³/mol. The first-order valence-electron chi connectivity index (χ1n) is 10.0. The third kappa shape index (κ3) is 5.30. The molecule has 2 fully saturated rings. The van der Waals surface area contributed by atoms with E-state index in [1.807, 2.05) is 37.1 Å². The Morgan fingerprint density at radius 3 is 2.33 bits per heavy atom. The Morgan fingerprint density at radius 1 is 1.11 bits per heavy atom. The van der Waals surface area contributed by atoms with E-state index in [-0.39, 0.29) is 23.9 Å². The summed E-state index contributed by atoms with van der Waals surface area (Å²) in [5.41, 5.74) is 1.15. The lowest BCUT2D eigenvalue weighted by molar-refractivity contribution is -0.134. The zero-order chi connectivity index (χ0) is 19.4. The SMILES string of the molecule is CC(C(=O)NC1CC1)N1CCN(CC(=O)N(C)C(C)c2ccccc2)CC1. The number of carbonyl (C=O) groups excluding carboxylic acids is 2. The first-order chi connectivity index (χ1) is 13.0. The van der Waals surface area contributed by atoms with Crippen molar-refractivity contribution in [3.05, 3.63) is 35.9 Å². The second-order valence-corrected chi connectivity index (χ2v) is 7.86. The molecule has 6 nitrogen and oxygen atoms in total. The zero-order valence-corrected chi connectivity index (χ0v) is 16.7. The van der Waals surface area contributed by atoms with E-state index < -0.39 is 0 Å². The van der Waals surface area contributed by atoms with E-state index in [1.165, 1.54) is 0 Å². The molecule has 0 aromatic heterocycles. The van der Waals surface area contributed by atoms with Gasteiger partial charge in [0, 0.05) is 39.3 Å². The molecule has 1 aromatic carbocycles. The van der Waals surface area contributed by atoms with Gasteiger partial charge in [-0.25, -0.2) is 0 Å². The van der Waals surface area contributed by atoms with Crippen LogP contribution in [0.25, 0.3) is 0 Å². The van der Waals surface area contributed by atoms with Crippen LogP contribution in [-0.4, -0.2) is 78.4 Å². The van der Waals surface area contributed by atoms with Crippen LogP contribution in [0.1, 0.15) is 38.3 Å². The van der Waals surface area contributed by atoms with E-state index in [0.717, 1.165) is 44.6 Å². The fourth-order valence-corrected chi connectivity index (χ4v) is 3.50. The van der Waals surface area contributed by atoms with Gasteiger partial charge in [-0.15, -0.1) is 0 Å². The monoisotopic (exact) mass is 372 g/mol. The van der Waals surface area contributed by atoms with E-state index >= 15 is 0 Å². The van der Waals surface area contributed by atoms with Crippen LogP contribution < -0.4 is 5.32 Å². The van der Waals surface area contributed by atoms with Gasteiger partial charge in [0.1, 0.15) is 0 Å². The Balaban J connectivity index is 1.44. The minimum Gasteiger partial charge on any atom is -0.352 e. The van der Waals surface area contributed by atoms with Gasteiger partial charge in [0.15, 0.2) is 0 Å². The predicted octanol–water partition coefficient (Wildman–Crippen LogP) is 1.49. The highest BCUT2D eigenvalue weighted by atomic mass is 16.2. The van der Waals surface area contributed by atoms with Crippen LogP contribution in [-0.2, 0) is 9.59 Å². The topological polar surface area (TPSA) is 55.9 Å². The van der Waals surface area contributed by atoms with E-state index in [0.29, 0.717) is 12.6 Å². The quantitative estimate of drug-likeness (QED) is 0.788. The third-order valence-corrected chi connectivity index (χ3v) is 5.87. The second kappa shape index (κ2) is 8.85. The van der Waals surface area contributed by atoms with Crippen LogP contribution in [0.5, 0.6) is 0 Å². The lowest BCUT2D eigenvalue weighted by atomic mass is 10.1. The lowest BCUT2D eigenvalue weighted by Gasteiger charge is -2.38. The maximum atomic E-state index is 12.7. The van der Waals surface area contributed by atoms with E-state index in [4.69, 9.17) is 0 Å². The summed E-state index contributed by atoms with van der Waals surface area (Å²) >= 11 is 0. The molecule has 1 aromatic rings. The van der Waals surface area contributed by atoms with Crippen LogP contribution in [0.4, 0.5) is 0 Å². The molecule has 0 bridgehead atoms. The molecule has 1 aliphatic carbocycles. The normalized spacial score (nSPS) is 20.7. The number of hydrogen-bond donors (Lipinski definition) is 1. The number of piperazine rings is 1. The van der Waals surface area contributed by atoms with Gasteiger partial charge in [0.2, 0.25) is 11.8 Å². The number of benzene rings is 1. The van der Waals surface area contributed by atoms with Crippen LogP contribution in [0, 0.1) is 0 Å². The summed E-state index contributed by atoms with van der Waals surface area (Å²) < 4.78 is 0. The van der Waals surface area contributed by atoms with Crippen molar-refractivity contribution in [2.75, 3.05) is 39.8 Å². The molecule has 1 saturated carbocycles. The summed E-state index contributed by atoms with van der Waals surface area (Å²) in [6.45, 7) is 7.76. The highest BCUT2D eigenvalue weighted by Gasteiger charge is 2.30. The third-order valence-electron chi connectivity index (χ3n) is 5.87.